The summed E-state index contributed by atoms with van der Waals surface area (Å²) >= 11 is 0. The highest BCUT2D eigenvalue weighted by Gasteiger charge is 2.20. The van der Waals surface area contributed by atoms with Gasteiger partial charge in [0.25, 0.3) is 11.5 Å². The number of nitrogens with one attached hydrogen (secondary N) is 1. The summed E-state index contributed by atoms with van der Waals surface area (Å²) in [5.74, 6) is -0.609. The molecule has 1 amide bonds. The molecule has 144 valence electrons. The monoisotopic (exact) mass is 378 g/mol. The maximum atomic E-state index is 13.0. The molecule has 0 aliphatic heterocycles. The van der Waals surface area contributed by atoms with Gasteiger partial charge in [-0.1, -0.05) is 48.0 Å². The van der Waals surface area contributed by atoms with Crippen LogP contribution in [0.5, 0.6) is 0 Å². The Morgan fingerprint density at radius 1 is 1.07 bits per heavy atom. The molecular weight excluding hydrogens is 356 g/mol. The fourth-order valence-electron chi connectivity index (χ4n) is 2.86. The highest BCUT2D eigenvalue weighted by Crippen LogP contribution is 2.06. The van der Waals surface area contributed by atoms with Gasteiger partial charge >= 0.3 is 5.69 Å². The van der Waals surface area contributed by atoms with Gasteiger partial charge in [0.05, 0.1) is 12.2 Å². The molecule has 0 unspecified atom stereocenters. The summed E-state index contributed by atoms with van der Waals surface area (Å²) in [6, 6.07) is 16.1. The van der Waals surface area contributed by atoms with E-state index in [4.69, 9.17) is 0 Å². The highest BCUT2D eigenvalue weighted by atomic mass is 16.2. The summed E-state index contributed by atoms with van der Waals surface area (Å²) in [5.41, 5.74) is 0.658. The van der Waals surface area contributed by atoms with Crippen LogP contribution in [-0.4, -0.2) is 26.3 Å². The second-order valence-corrected chi connectivity index (χ2v) is 6.89. The van der Waals surface area contributed by atoms with Crippen LogP contribution in [0.15, 0.2) is 64.2 Å². The van der Waals surface area contributed by atoms with E-state index in [9.17, 15) is 14.4 Å². The average molecular weight is 378 g/mol. The number of hydrogen-bond acceptors (Lipinski definition) is 4. The summed E-state index contributed by atoms with van der Waals surface area (Å²) in [4.78, 5) is 38.4. The Hall–Kier alpha value is -3.48. The molecule has 0 bridgehead atoms. The second kappa shape index (κ2) is 8.04. The molecular formula is C21H22N4O3. The van der Waals surface area contributed by atoms with Crippen molar-refractivity contribution in [1.29, 1.82) is 0 Å². The number of aromatic nitrogens is 3. The largest absolute Gasteiger partial charge is 0.352 e. The molecule has 0 saturated carbocycles. The molecule has 0 radical (unpaired) electrons. The molecule has 1 heterocycles. The van der Waals surface area contributed by atoms with E-state index in [-0.39, 0.29) is 18.3 Å². The minimum Gasteiger partial charge on any atom is -0.348 e. The fraction of sp³-hybridized carbons (Fsp3) is 0.238. The van der Waals surface area contributed by atoms with Crippen LogP contribution >= 0.6 is 0 Å². The van der Waals surface area contributed by atoms with Crippen LogP contribution < -0.4 is 16.6 Å². The molecule has 0 saturated heterocycles. The lowest BCUT2D eigenvalue weighted by Crippen LogP contribution is -2.46. The second-order valence-electron chi connectivity index (χ2n) is 6.89. The highest BCUT2D eigenvalue weighted by molar-refractivity contribution is 5.91. The smallest absolute Gasteiger partial charge is 0.348 e. The third kappa shape index (κ3) is 4.09. The number of nitrogens with zero attached hydrogens (tertiary/aromatic N) is 3. The average Bonchev–Trinajstić information content (AvgIpc) is 2.65. The third-order valence-corrected chi connectivity index (χ3v) is 4.12. The zero-order valence-electron chi connectivity index (χ0n) is 16.0. The topological polar surface area (TPSA) is 86.0 Å². The van der Waals surface area contributed by atoms with Crippen LogP contribution in [0, 0.1) is 6.92 Å². The minimum atomic E-state index is -0.711. The third-order valence-electron chi connectivity index (χ3n) is 4.12. The molecule has 3 aromatic rings. The van der Waals surface area contributed by atoms with Crippen molar-refractivity contribution < 1.29 is 4.79 Å². The van der Waals surface area contributed by atoms with Gasteiger partial charge in [-0.25, -0.2) is 4.79 Å². The number of carbonyl (C=O) groups is 1. The van der Waals surface area contributed by atoms with E-state index in [1.807, 2.05) is 37.3 Å². The van der Waals surface area contributed by atoms with Gasteiger partial charge in [-0.15, -0.1) is 0 Å². The number of carbonyl (C=O) groups excluding carboxylic acids is 1. The lowest BCUT2D eigenvalue weighted by molar-refractivity contribution is 0.0933. The van der Waals surface area contributed by atoms with Crippen molar-refractivity contribution in [2.45, 2.75) is 33.4 Å². The molecule has 0 spiro atoms. The first-order valence-electron chi connectivity index (χ1n) is 9.03. The Kier molecular flexibility index (Phi) is 5.54. The van der Waals surface area contributed by atoms with Crippen molar-refractivity contribution >= 4 is 5.91 Å². The van der Waals surface area contributed by atoms with E-state index < -0.39 is 17.2 Å². The molecule has 28 heavy (non-hydrogen) atoms. The van der Waals surface area contributed by atoms with Gasteiger partial charge < -0.3 is 5.32 Å². The molecule has 0 atom stereocenters. The van der Waals surface area contributed by atoms with Crippen LogP contribution in [0.1, 0.15) is 35.5 Å². The van der Waals surface area contributed by atoms with Gasteiger partial charge in [0.2, 0.25) is 5.69 Å². The van der Waals surface area contributed by atoms with E-state index in [2.05, 4.69) is 10.4 Å². The van der Waals surface area contributed by atoms with Crippen molar-refractivity contribution in [3.8, 4) is 5.69 Å². The van der Waals surface area contributed by atoms with Gasteiger partial charge in [0, 0.05) is 6.04 Å². The van der Waals surface area contributed by atoms with Gasteiger partial charge in [-0.3, -0.25) is 14.2 Å². The van der Waals surface area contributed by atoms with Crippen LogP contribution in [0.2, 0.25) is 0 Å². The van der Waals surface area contributed by atoms with E-state index >= 15 is 0 Å². The van der Waals surface area contributed by atoms with Crippen molar-refractivity contribution in [3.63, 3.8) is 0 Å². The first-order valence-corrected chi connectivity index (χ1v) is 9.03. The predicted octanol–water partition coefficient (Wildman–Crippen LogP) is 1.89. The SMILES string of the molecule is Cc1cccc(Cn2c(=O)c(C(=O)NC(C)C)nn(-c3ccccc3)c2=O)c1. The number of amides is 1. The van der Waals surface area contributed by atoms with Crippen LogP contribution in [0.4, 0.5) is 0 Å². The van der Waals surface area contributed by atoms with Crippen molar-refractivity contribution in [2.75, 3.05) is 0 Å². The van der Waals surface area contributed by atoms with E-state index in [0.717, 1.165) is 20.4 Å². The van der Waals surface area contributed by atoms with Crippen molar-refractivity contribution in [1.82, 2.24) is 19.7 Å². The normalized spacial score (nSPS) is 10.9. The van der Waals surface area contributed by atoms with Crippen LogP contribution in [0.25, 0.3) is 5.69 Å². The molecule has 2 aromatic carbocycles. The van der Waals surface area contributed by atoms with E-state index in [0.29, 0.717) is 5.69 Å². The van der Waals surface area contributed by atoms with E-state index in [1.54, 1.807) is 38.1 Å². The number of benzene rings is 2. The van der Waals surface area contributed by atoms with Gasteiger partial charge in [-0.05, 0) is 38.5 Å². The molecule has 1 N–H and O–H groups in total. The maximum absolute atomic E-state index is 13.0. The Bertz CT molecular complexity index is 1110. The Morgan fingerprint density at radius 3 is 2.43 bits per heavy atom. The van der Waals surface area contributed by atoms with Gasteiger partial charge in [-0.2, -0.15) is 9.78 Å². The summed E-state index contributed by atoms with van der Waals surface area (Å²) in [5, 5.41) is 6.74. The Morgan fingerprint density at radius 2 is 1.79 bits per heavy atom. The molecule has 1 aromatic heterocycles. The molecule has 7 nitrogen and oxygen atoms in total. The van der Waals surface area contributed by atoms with Gasteiger partial charge in [0.1, 0.15) is 0 Å². The summed E-state index contributed by atoms with van der Waals surface area (Å²) in [7, 11) is 0. The molecule has 0 fully saturated rings. The quantitative estimate of drug-likeness (QED) is 0.735. The number of para-hydroxylation sites is 1. The number of aryl methyl sites for hydroxylation is 1. The standard InChI is InChI=1S/C21H22N4O3/c1-14(2)22-19(26)18-20(27)24(13-16-9-7-8-15(3)12-16)21(28)25(23-18)17-10-5-4-6-11-17/h4-12,14H,13H2,1-3H3,(H,22,26). The van der Waals surface area contributed by atoms with Crippen LogP contribution in [-0.2, 0) is 6.54 Å². The van der Waals surface area contributed by atoms with Gasteiger partial charge in [0.15, 0.2) is 0 Å². The fourth-order valence-corrected chi connectivity index (χ4v) is 2.86. The lowest BCUT2D eigenvalue weighted by atomic mass is 10.1. The number of rotatable bonds is 5. The molecule has 7 heteroatoms. The summed E-state index contributed by atoms with van der Waals surface area (Å²) in [6.07, 6.45) is 0. The van der Waals surface area contributed by atoms with Crippen molar-refractivity contribution in [3.05, 3.63) is 92.3 Å². The van der Waals surface area contributed by atoms with Crippen LogP contribution in [0.3, 0.4) is 0 Å². The van der Waals surface area contributed by atoms with E-state index in [1.165, 1.54) is 0 Å². The Balaban J connectivity index is 2.20. The maximum Gasteiger partial charge on any atom is 0.352 e. The zero-order valence-corrected chi connectivity index (χ0v) is 16.0. The molecule has 0 aliphatic rings. The number of hydrogen-bond donors (Lipinski definition) is 1. The summed E-state index contributed by atoms with van der Waals surface area (Å²) < 4.78 is 2.14. The Labute approximate surface area is 162 Å². The zero-order chi connectivity index (χ0) is 20.3. The van der Waals surface area contributed by atoms with Crippen molar-refractivity contribution in [2.24, 2.45) is 0 Å². The minimum absolute atomic E-state index is 0.0522. The molecule has 3 rings (SSSR count). The lowest BCUT2D eigenvalue weighted by Gasteiger charge is -2.13. The predicted molar refractivity (Wildman–Crippen MR) is 107 cm³/mol. The summed E-state index contributed by atoms with van der Waals surface area (Å²) in [6.45, 7) is 5.56. The first kappa shape index (κ1) is 19.3. The first-order chi connectivity index (χ1) is 13.4. The molecule has 0 aliphatic carbocycles.